The van der Waals surface area contributed by atoms with Crippen LogP contribution in [0.15, 0.2) is 24.3 Å². The molecule has 1 unspecified atom stereocenters. The summed E-state index contributed by atoms with van der Waals surface area (Å²) < 4.78 is 0. The largest absolute Gasteiger partial charge is 0.397 e. The molecule has 0 fully saturated rings. The van der Waals surface area contributed by atoms with Crippen LogP contribution in [0.1, 0.15) is 25.0 Å². The Morgan fingerprint density at radius 2 is 2.27 bits per heavy atom. The lowest BCUT2D eigenvalue weighted by molar-refractivity contribution is 0.642. The Kier molecular flexibility index (Phi) is 2.90. The predicted molar refractivity (Wildman–Crippen MR) is 63.8 cm³/mol. The third kappa shape index (κ3) is 2.49. The molecular weight excluding hydrogens is 186 g/mol. The molecule has 3 nitrogen and oxygen atoms in total. The van der Waals surface area contributed by atoms with Gasteiger partial charge in [0.05, 0.1) is 11.4 Å². The van der Waals surface area contributed by atoms with Crippen molar-refractivity contribution < 1.29 is 0 Å². The number of hydrogen-bond donors (Lipinski definition) is 2. The Morgan fingerprint density at radius 3 is 2.93 bits per heavy atom. The lowest BCUT2D eigenvalue weighted by atomic mass is 10.0. The van der Waals surface area contributed by atoms with Crippen LogP contribution in [-0.2, 0) is 0 Å². The molecule has 0 amide bonds. The average molecular weight is 203 g/mol. The van der Waals surface area contributed by atoms with E-state index in [1.54, 1.807) is 0 Å². The summed E-state index contributed by atoms with van der Waals surface area (Å²) in [5, 5.41) is 3.43. The fourth-order valence-corrected chi connectivity index (χ4v) is 1.79. The minimum atomic E-state index is 0.519. The standard InChI is InChI=1S/C12H17N3/c1-9-11(13)7-8-12(14-9)15-10-5-3-2-4-6-10/h2-3,7-8,10H,4-6,13H2,1H3,(H,14,15). The average Bonchev–Trinajstić information content (AvgIpc) is 2.25. The first kappa shape index (κ1) is 10.0. The van der Waals surface area contributed by atoms with Crippen LogP contribution < -0.4 is 11.1 Å². The van der Waals surface area contributed by atoms with Gasteiger partial charge < -0.3 is 11.1 Å². The highest BCUT2D eigenvalue weighted by Crippen LogP contribution is 2.17. The number of nitrogens with zero attached hydrogens (tertiary/aromatic N) is 1. The lowest BCUT2D eigenvalue weighted by Crippen LogP contribution is -2.21. The molecule has 0 bridgehead atoms. The number of nitrogens with one attached hydrogen (secondary N) is 1. The number of hydrogen-bond acceptors (Lipinski definition) is 3. The summed E-state index contributed by atoms with van der Waals surface area (Å²) in [5.74, 6) is 0.932. The van der Waals surface area contributed by atoms with Crippen LogP contribution in [-0.4, -0.2) is 11.0 Å². The van der Waals surface area contributed by atoms with Gasteiger partial charge in [0.1, 0.15) is 5.82 Å². The fourth-order valence-electron chi connectivity index (χ4n) is 1.79. The Hall–Kier alpha value is -1.51. The monoisotopic (exact) mass is 203 g/mol. The SMILES string of the molecule is Cc1nc(NC2CC=CCC2)ccc1N. The number of aromatic nitrogens is 1. The Balaban J connectivity index is 2.04. The maximum Gasteiger partial charge on any atom is 0.126 e. The molecule has 3 N–H and O–H groups in total. The number of aryl methyl sites for hydroxylation is 1. The molecule has 3 heteroatoms. The summed E-state index contributed by atoms with van der Waals surface area (Å²) in [6, 6.07) is 4.37. The summed E-state index contributed by atoms with van der Waals surface area (Å²) in [7, 11) is 0. The van der Waals surface area contributed by atoms with Crippen molar-refractivity contribution in [2.24, 2.45) is 0 Å². The molecule has 0 aromatic carbocycles. The van der Waals surface area contributed by atoms with Crippen LogP contribution in [0.2, 0.25) is 0 Å². The molecule has 0 radical (unpaired) electrons. The first-order valence-corrected chi connectivity index (χ1v) is 5.40. The van der Waals surface area contributed by atoms with Crippen LogP contribution in [0.3, 0.4) is 0 Å². The maximum absolute atomic E-state index is 5.72. The number of nitrogen functional groups attached to an aromatic ring is 1. The van der Waals surface area contributed by atoms with E-state index in [9.17, 15) is 0 Å². The first-order valence-electron chi connectivity index (χ1n) is 5.40. The van der Waals surface area contributed by atoms with E-state index in [-0.39, 0.29) is 0 Å². The Bertz CT molecular complexity index is 371. The maximum atomic E-state index is 5.72. The van der Waals surface area contributed by atoms with Gasteiger partial charge in [0, 0.05) is 6.04 Å². The molecule has 15 heavy (non-hydrogen) atoms. The van der Waals surface area contributed by atoms with Crippen molar-refractivity contribution in [3.8, 4) is 0 Å². The second-order valence-electron chi connectivity index (χ2n) is 4.00. The highest BCUT2D eigenvalue weighted by molar-refractivity contribution is 5.49. The van der Waals surface area contributed by atoms with E-state index in [0.717, 1.165) is 30.0 Å². The van der Waals surface area contributed by atoms with Gasteiger partial charge in [0.2, 0.25) is 0 Å². The van der Waals surface area contributed by atoms with Crippen molar-refractivity contribution >= 4 is 11.5 Å². The smallest absolute Gasteiger partial charge is 0.126 e. The predicted octanol–water partition coefficient (Wildman–Crippen LogP) is 2.49. The first-order chi connectivity index (χ1) is 7.25. The molecular formula is C12H17N3. The molecule has 2 rings (SSSR count). The van der Waals surface area contributed by atoms with E-state index in [1.165, 1.54) is 6.42 Å². The van der Waals surface area contributed by atoms with Crippen molar-refractivity contribution in [1.29, 1.82) is 0 Å². The summed E-state index contributed by atoms with van der Waals surface area (Å²) in [6.07, 6.45) is 7.89. The van der Waals surface area contributed by atoms with Gasteiger partial charge in [-0.1, -0.05) is 12.2 Å². The lowest BCUT2D eigenvalue weighted by Gasteiger charge is -2.20. The van der Waals surface area contributed by atoms with Crippen LogP contribution in [0.4, 0.5) is 11.5 Å². The van der Waals surface area contributed by atoms with Gasteiger partial charge in [-0.2, -0.15) is 0 Å². The normalized spacial score (nSPS) is 20.2. The zero-order valence-corrected chi connectivity index (χ0v) is 9.03. The molecule has 1 heterocycles. The molecule has 0 saturated heterocycles. The summed E-state index contributed by atoms with van der Waals surface area (Å²) in [4.78, 5) is 4.41. The van der Waals surface area contributed by atoms with Crippen molar-refractivity contribution in [3.63, 3.8) is 0 Å². The zero-order valence-electron chi connectivity index (χ0n) is 9.03. The minimum Gasteiger partial charge on any atom is -0.397 e. The summed E-state index contributed by atoms with van der Waals surface area (Å²) in [6.45, 7) is 1.93. The number of nitrogens with two attached hydrogens (primary N) is 1. The van der Waals surface area contributed by atoms with E-state index >= 15 is 0 Å². The molecule has 0 spiro atoms. The van der Waals surface area contributed by atoms with Crippen LogP contribution >= 0.6 is 0 Å². The molecule has 1 aliphatic carbocycles. The molecule has 1 aromatic rings. The van der Waals surface area contributed by atoms with Gasteiger partial charge >= 0.3 is 0 Å². The fraction of sp³-hybridized carbons (Fsp3) is 0.417. The third-order valence-electron chi connectivity index (χ3n) is 2.75. The van der Waals surface area contributed by atoms with Gasteiger partial charge in [-0.25, -0.2) is 4.98 Å². The Labute approximate surface area is 90.4 Å². The molecule has 1 aromatic heterocycles. The van der Waals surface area contributed by atoms with E-state index in [2.05, 4.69) is 22.5 Å². The van der Waals surface area contributed by atoms with Crippen LogP contribution in [0.5, 0.6) is 0 Å². The van der Waals surface area contributed by atoms with Gasteiger partial charge in [-0.15, -0.1) is 0 Å². The minimum absolute atomic E-state index is 0.519. The van der Waals surface area contributed by atoms with E-state index in [1.807, 2.05) is 19.1 Å². The zero-order chi connectivity index (χ0) is 10.7. The molecule has 0 aliphatic heterocycles. The van der Waals surface area contributed by atoms with Crippen molar-refractivity contribution in [3.05, 3.63) is 30.0 Å². The Morgan fingerprint density at radius 1 is 1.40 bits per heavy atom. The van der Waals surface area contributed by atoms with Crippen molar-refractivity contribution in [2.75, 3.05) is 11.1 Å². The van der Waals surface area contributed by atoms with E-state index in [4.69, 9.17) is 5.73 Å². The summed E-state index contributed by atoms with van der Waals surface area (Å²) >= 11 is 0. The van der Waals surface area contributed by atoms with Gasteiger partial charge in [0.15, 0.2) is 0 Å². The third-order valence-corrected chi connectivity index (χ3v) is 2.75. The second-order valence-corrected chi connectivity index (χ2v) is 4.00. The van der Waals surface area contributed by atoms with Gasteiger partial charge in [0.25, 0.3) is 0 Å². The summed E-state index contributed by atoms with van der Waals surface area (Å²) in [5.41, 5.74) is 7.37. The molecule has 80 valence electrons. The van der Waals surface area contributed by atoms with Crippen LogP contribution in [0.25, 0.3) is 0 Å². The number of anilines is 2. The number of pyridine rings is 1. The van der Waals surface area contributed by atoms with Gasteiger partial charge in [-0.05, 0) is 38.3 Å². The molecule has 1 aliphatic rings. The van der Waals surface area contributed by atoms with E-state index in [0.29, 0.717) is 6.04 Å². The van der Waals surface area contributed by atoms with Gasteiger partial charge in [-0.3, -0.25) is 0 Å². The highest BCUT2D eigenvalue weighted by atomic mass is 15.0. The number of rotatable bonds is 2. The van der Waals surface area contributed by atoms with Crippen molar-refractivity contribution in [1.82, 2.24) is 4.98 Å². The quantitative estimate of drug-likeness (QED) is 0.726. The van der Waals surface area contributed by atoms with E-state index < -0.39 is 0 Å². The number of allylic oxidation sites excluding steroid dienone is 1. The molecule has 1 atom stereocenters. The highest BCUT2D eigenvalue weighted by Gasteiger charge is 2.09. The van der Waals surface area contributed by atoms with Crippen molar-refractivity contribution in [2.45, 2.75) is 32.2 Å². The second kappa shape index (κ2) is 4.34. The van der Waals surface area contributed by atoms with Crippen LogP contribution in [0, 0.1) is 6.92 Å². The molecule has 0 saturated carbocycles. The topological polar surface area (TPSA) is 50.9 Å².